The summed E-state index contributed by atoms with van der Waals surface area (Å²) in [5.41, 5.74) is -1.29. The highest BCUT2D eigenvalue weighted by atomic mass is 35.5. The van der Waals surface area contributed by atoms with Gasteiger partial charge < -0.3 is 19.6 Å². The summed E-state index contributed by atoms with van der Waals surface area (Å²) < 4.78 is 44.4. The van der Waals surface area contributed by atoms with Crippen molar-refractivity contribution in [3.63, 3.8) is 0 Å². The van der Waals surface area contributed by atoms with E-state index in [0.29, 0.717) is 37.8 Å². The average molecular weight is 389 g/mol. The van der Waals surface area contributed by atoms with Gasteiger partial charge in [0.15, 0.2) is 5.82 Å². The van der Waals surface area contributed by atoms with E-state index in [1.807, 2.05) is 4.90 Å². The number of nitrogens with zero attached hydrogens (tertiary/aromatic N) is 3. The van der Waals surface area contributed by atoms with Gasteiger partial charge in [0.25, 0.3) is 0 Å². The molecule has 0 saturated carbocycles. The summed E-state index contributed by atoms with van der Waals surface area (Å²) in [6.07, 6.45) is -4.61. The number of nitrogens with one attached hydrogen (secondary N) is 1. The van der Waals surface area contributed by atoms with Crippen molar-refractivity contribution in [3.05, 3.63) is 40.6 Å². The Morgan fingerprint density at radius 3 is 2.50 bits per heavy atom. The van der Waals surface area contributed by atoms with Crippen LogP contribution in [0.1, 0.15) is 11.3 Å². The van der Waals surface area contributed by atoms with Crippen molar-refractivity contribution in [3.8, 4) is 0 Å². The van der Waals surface area contributed by atoms with E-state index in [0.717, 1.165) is 12.1 Å². The predicted molar refractivity (Wildman–Crippen MR) is 90.5 cm³/mol. The molecule has 1 fully saturated rings. The molecule has 0 aliphatic carbocycles. The normalized spacial score (nSPS) is 15.3. The average Bonchev–Trinajstić information content (AvgIpc) is 3.02. The number of aryl methyl sites for hydroxylation is 1. The van der Waals surface area contributed by atoms with E-state index in [4.69, 9.17) is 16.1 Å². The second-order valence-corrected chi connectivity index (χ2v) is 6.32. The lowest BCUT2D eigenvalue weighted by atomic mass is 10.1. The van der Waals surface area contributed by atoms with Crippen LogP contribution in [0.3, 0.4) is 0 Å². The Hall–Kier alpha value is -2.42. The number of rotatable bonds is 2. The molecule has 0 bridgehead atoms. The van der Waals surface area contributed by atoms with Gasteiger partial charge in [-0.25, -0.2) is 4.79 Å². The molecule has 2 amide bonds. The molecule has 1 aromatic carbocycles. The first-order valence-corrected chi connectivity index (χ1v) is 8.23. The van der Waals surface area contributed by atoms with Crippen LogP contribution in [-0.2, 0) is 6.18 Å². The molecular weight excluding hydrogens is 373 g/mol. The van der Waals surface area contributed by atoms with Crippen LogP contribution in [0.2, 0.25) is 5.02 Å². The second-order valence-electron chi connectivity index (χ2n) is 5.89. The van der Waals surface area contributed by atoms with Gasteiger partial charge in [0, 0.05) is 37.3 Å². The van der Waals surface area contributed by atoms with Crippen molar-refractivity contribution in [1.82, 2.24) is 10.1 Å². The van der Waals surface area contributed by atoms with Gasteiger partial charge in [-0.1, -0.05) is 16.8 Å². The van der Waals surface area contributed by atoms with Crippen molar-refractivity contribution in [2.24, 2.45) is 0 Å². The van der Waals surface area contributed by atoms with E-state index in [-0.39, 0.29) is 10.7 Å². The van der Waals surface area contributed by atoms with E-state index in [2.05, 4.69) is 10.5 Å². The second kappa shape index (κ2) is 7.06. The van der Waals surface area contributed by atoms with Gasteiger partial charge in [0.05, 0.1) is 11.3 Å². The SMILES string of the molecule is Cc1cc(N2CCN(C(=O)Nc3ccc(Cl)cc3C(F)(F)F)CC2)no1. The monoisotopic (exact) mass is 388 g/mol. The highest BCUT2D eigenvalue weighted by Gasteiger charge is 2.34. The Bertz CT molecular complexity index is 801. The maximum atomic E-state index is 13.1. The van der Waals surface area contributed by atoms with Crippen LogP contribution in [0.15, 0.2) is 28.8 Å². The summed E-state index contributed by atoms with van der Waals surface area (Å²) in [6, 6.07) is 4.45. The first-order chi connectivity index (χ1) is 12.2. The number of anilines is 2. The number of carbonyl (C=O) groups excluding carboxylic acids is 1. The molecule has 0 unspecified atom stereocenters. The van der Waals surface area contributed by atoms with E-state index in [1.165, 1.54) is 11.0 Å². The third-order valence-corrected chi connectivity index (χ3v) is 4.27. The van der Waals surface area contributed by atoms with Gasteiger partial charge in [-0.2, -0.15) is 13.2 Å². The Morgan fingerprint density at radius 1 is 1.23 bits per heavy atom. The minimum Gasteiger partial charge on any atom is -0.360 e. The first-order valence-electron chi connectivity index (χ1n) is 7.85. The Kier molecular flexibility index (Phi) is 4.99. The largest absolute Gasteiger partial charge is 0.418 e. The third-order valence-electron chi connectivity index (χ3n) is 4.04. The third kappa shape index (κ3) is 4.04. The van der Waals surface area contributed by atoms with Gasteiger partial charge in [-0.05, 0) is 25.1 Å². The molecule has 3 rings (SSSR count). The predicted octanol–water partition coefficient (Wildman–Crippen LogP) is 4.01. The lowest BCUT2D eigenvalue weighted by Gasteiger charge is -2.34. The van der Waals surface area contributed by atoms with Crippen LogP contribution >= 0.6 is 11.6 Å². The van der Waals surface area contributed by atoms with Gasteiger partial charge in [-0.3, -0.25) is 0 Å². The maximum absolute atomic E-state index is 13.1. The molecule has 1 aromatic heterocycles. The molecule has 2 heterocycles. The highest BCUT2D eigenvalue weighted by Crippen LogP contribution is 2.36. The zero-order valence-electron chi connectivity index (χ0n) is 13.8. The van der Waals surface area contributed by atoms with Gasteiger partial charge in [0.2, 0.25) is 0 Å². The topological polar surface area (TPSA) is 61.6 Å². The number of urea groups is 1. The lowest BCUT2D eigenvalue weighted by Crippen LogP contribution is -2.50. The summed E-state index contributed by atoms with van der Waals surface area (Å²) in [6.45, 7) is 3.50. The van der Waals surface area contributed by atoms with Crippen molar-refractivity contribution < 1.29 is 22.5 Å². The van der Waals surface area contributed by atoms with Crippen molar-refractivity contribution in [2.75, 3.05) is 36.4 Å². The molecule has 1 saturated heterocycles. The Morgan fingerprint density at radius 2 is 1.92 bits per heavy atom. The van der Waals surface area contributed by atoms with Crippen molar-refractivity contribution >= 4 is 29.1 Å². The molecular formula is C16H16ClF3N4O2. The molecule has 26 heavy (non-hydrogen) atoms. The van der Waals surface area contributed by atoms with Crippen LogP contribution in [0.25, 0.3) is 0 Å². The number of hydrogen-bond donors (Lipinski definition) is 1. The van der Waals surface area contributed by atoms with Gasteiger partial charge >= 0.3 is 12.2 Å². The number of piperazine rings is 1. The fraction of sp³-hybridized carbons (Fsp3) is 0.375. The first kappa shape index (κ1) is 18.4. The van der Waals surface area contributed by atoms with Gasteiger partial charge in [0.1, 0.15) is 5.76 Å². The van der Waals surface area contributed by atoms with Crippen molar-refractivity contribution in [1.29, 1.82) is 0 Å². The number of alkyl halides is 3. The van der Waals surface area contributed by atoms with Crippen LogP contribution in [0.5, 0.6) is 0 Å². The molecule has 1 N–H and O–H groups in total. The van der Waals surface area contributed by atoms with Crippen LogP contribution in [0, 0.1) is 6.92 Å². The number of hydrogen-bond acceptors (Lipinski definition) is 4. The van der Waals surface area contributed by atoms with Crippen molar-refractivity contribution in [2.45, 2.75) is 13.1 Å². The van der Waals surface area contributed by atoms with Gasteiger partial charge in [-0.15, -0.1) is 0 Å². The summed E-state index contributed by atoms with van der Waals surface area (Å²) in [4.78, 5) is 15.7. The molecule has 0 spiro atoms. The zero-order chi connectivity index (χ0) is 18.9. The Labute approximate surface area is 152 Å². The number of carbonyl (C=O) groups is 1. The quantitative estimate of drug-likeness (QED) is 0.844. The molecule has 0 atom stereocenters. The number of benzene rings is 1. The zero-order valence-corrected chi connectivity index (χ0v) is 14.6. The summed E-state index contributed by atoms with van der Waals surface area (Å²) in [7, 11) is 0. The highest BCUT2D eigenvalue weighted by molar-refractivity contribution is 6.30. The summed E-state index contributed by atoms with van der Waals surface area (Å²) in [5, 5.41) is 6.20. The fourth-order valence-corrected chi connectivity index (χ4v) is 2.87. The Balaban J connectivity index is 1.65. The number of amides is 2. The molecule has 6 nitrogen and oxygen atoms in total. The number of aromatic nitrogens is 1. The molecule has 10 heteroatoms. The lowest BCUT2D eigenvalue weighted by molar-refractivity contribution is -0.136. The van der Waals surface area contributed by atoms with Crippen LogP contribution in [-0.4, -0.2) is 42.3 Å². The molecule has 1 aliphatic heterocycles. The molecule has 0 radical (unpaired) electrons. The molecule has 2 aromatic rings. The summed E-state index contributed by atoms with van der Waals surface area (Å²) in [5.74, 6) is 1.36. The molecule has 1 aliphatic rings. The summed E-state index contributed by atoms with van der Waals surface area (Å²) >= 11 is 5.64. The van der Waals surface area contributed by atoms with E-state index in [9.17, 15) is 18.0 Å². The van der Waals surface area contributed by atoms with Crippen LogP contribution in [0.4, 0.5) is 29.5 Å². The number of halogens is 4. The minimum atomic E-state index is -4.61. The molecule has 140 valence electrons. The minimum absolute atomic E-state index is 0.0492. The fourth-order valence-electron chi connectivity index (χ4n) is 2.70. The smallest absolute Gasteiger partial charge is 0.360 e. The van der Waals surface area contributed by atoms with E-state index < -0.39 is 17.8 Å². The van der Waals surface area contributed by atoms with Crippen LogP contribution < -0.4 is 10.2 Å². The standard InChI is InChI=1S/C16H16ClF3N4O2/c1-10-8-14(22-26-10)23-4-6-24(7-5-23)15(25)21-13-3-2-11(17)9-12(13)16(18,19)20/h2-3,8-9H,4-7H2,1H3,(H,21,25). The van der Waals surface area contributed by atoms with E-state index >= 15 is 0 Å². The van der Waals surface area contributed by atoms with E-state index in [1.54, 1.807) is 13.0 Å². The maximum Gasteiger partial charge on any atom is 0.418 e.